The van der Waals surface area contributed by atoms with Crippen molar-refractivity contribution in [2.24, 2.45) is 0 Å². The molecule has 4 nitrogen and oxygen atoms in total. The Labute approximate surface area is 169 Å². The van der Waals surface area contributed by atoms with Crippen LogP contribution in [0.5, 0.6) is 0 Å². The summed E-state index contributed by atoms with van der Waals surface area (Å²) in [6, 6.07) is 21.3. The number of hydrogen-bond donors (Lipinski definition) is 0. The molecule has 4 rings (SSSR count). The summed E-state index contributed by atoms with van der Waals surface area (Å²) >= 11 is 1.45. The maximum Gasteiger partial charge on any atom is 0.268 e. The summed E-state index contributed by atoms with van der Waals surface area (Å²) in [6.07, 6.45) is 0.683. The lowest BCUT2D eigenvalue weighted by Crippen LogP contribution is -2.47. The van der Waals surface area contributed by atoms with E-state index in [4.69, 9.17) is 0 Å². The van der Waals surface area contributed by atoms with E-state index in [9.17, 15) is 9.59 Å². The summed E-state index contributed by atoms with van der Waals surface area (Å²) in [4.78, 5) is 30.2. The smallest absolute Gasteiger partial charge is 0.268 e. The zero-order valence-electron chi connectivity index (χ0n) is 15.9. The van der Waals surface area contributed by atoms with E-state index in [1.165, 1.54) is 11.3 Å². The Balaban J connectivity index is 1.85. The standard InChI is InChI=1S/C23H22N2O2S/c1-16-15-21(19-11-6-7-12-20(19)24(16)17(2)26)25(18-9-4-3-5-10-18)23(27)22-13-8-14-28-22/h3-14,16,21H,15H2,1-2H3/t16-,21-/m0/s1. The van der Waals surface area contributed by atoms with Gasteiger partial charge in [-0.25, -0.2) is 0 Å². The number of nitrogens with zero attached hydrogens (tertiary/aromatic N) is 2. The van der Waals surface area contributed by atoms with Crippen LogP contribution in [-0.4, -0.2) is 17.9 Å². The fourth-order valence-electron chi connectivity index (χ4n) is 4.05. The maximum absolute atomic E-state index is 13.5. The minimum Gasteiger partial charge on any atom is -0.309 e. The van der Waals surface area contributed by atoms with Gasteiger partial charge >= 0.3 is 0 Å². The molecule has 0 fully saturated rings. The summed E-state index contributed by atoms with van der Waals surface area (Å²) in [5, 5.41) is 1.92. The highest BCUT2D eigenvalue weighted by Crippen LogP contribution is 2.42. The molecule has 2 heterocycles. The van der Waals surface area contributed by atoms with Crippen LogP contribution in [0.25, 0.3) is 0 Å². The van der Waals surface area contributed by atoms with Gasteiger partial charge in [0.15, 0.2) is 0 Å². The molecule has 2 amide bonds. The summed E-state index contributed by atoms with van der Waals surface area (Å²) < 4.78 is 0. The van der Waals surface area contributed by atoms with Crippen LogP contribution in [0.3, 0.4) is 0 Å². The number of hydrogen-bond acceptors (Lipinski definition) is 3. The Hall–Kier alpha value is -2.92. The Kier molecular flexibility index (Phi) is 5.01. The van der Waals surface area contributed by atoms with Crippen LogP contribution >= 0.6 is 11.3 Å². The van der Waals surface area contributed by atoms with E-state index < -0.39 is 0 Å². The number of carbonyl (C=O) groups is 2. The van der Waals surface area contributed by atoms with Crippen LogP contribution in [0, 0.1) is 0 Å². The Morgan fingerprint density at radius 3 is 2.39 bits per heavy atom. The highest BCUT2D eigenvalue weighted by Gasteiger charge is 2.38. The predicted octanol–water partition coefficient (Wildman–Crippen LogP) is 5.28. The minimum absolute atomic E-state index is 0.000233. The summed E-state index contributed by atoms with van der Waals surface area (Å²) in [5.41, 5.74) is 2.76. The van der Waals surface area contributed by atoms with E-state index in [0.29, 0.717) is 11.3 Å². The summed E-state index contributed by atoms with van der Waals surface area (Å²) in [6.45, 7) is 3.64. The average Bonchev–Trinajstić information content (AvgIpc) is 3.23. The Morgan fingerprint density at radius 1 is 1.00 bits per heavy atom. The van der Waals surface area contributed by atoms with Gasteiger partial charge < -0.3 is 9.80 Å². The molecule has 0 bridgehead atoms. The molecular formula is C23H22N2O2S. The maximum atomic E-state index is 13.5. The number of carbonyl (C=O) groups excluding carboxylic acids is 2. The largest absolute Gasteiger partial charge is 0.309 e. The molecule has 0 saturated carbocycles. The number of anilines is 2. The lowest BCUT2D eigenvalue weighted by Gasteiger charge is -2.43. The van der Waals surface area contributed by atoms with Gasteiger partial charge in [-0.2, -0.15) is 0 Å². The monoisotopic (exact) mass is 390 g/mol. The first-order valence-corrected chi connectivity index (χ1v) is 10.3. The highest BCUT2D eigenvalue weighted by molar-refractivity contribution is 7.12. The van der Waals surface area contributed by atoms with Gasteiger partial charge in [0.05, 0.1) is 10.9 Å². The van der Waals surface area contributed by atoms with Crippen molar-refractivity contribution in [3.8, 4) is 0 Å². The van der Waals surface area contributed by atoms with Crippen LogP contribution in [-0.2, 0) is 4.79 Å². The Morgan fingerprint density at radius 2 is 1.71 bits per heavy atom. The zero-order chi connectivity index (χ0) is 19.7. The van der Waals surface area contributed by atoms with Crippen LogP contribution in [0.15, 0.2) is 72.1 Å². The summed E-state index contributed by atoms with van der Waals surface area (Å²) in [7, 11) is 0. The molecule has 0 radical (unpaired) electrons. The first-order chi connectivity index (χ1) is 13.6. The highest BCUT2D eigenvalue weighted by atomic mass is 32.1. The normalized spacial score (nSPS) is 18.4. The lowest BCUT2D eigenvalue weighted by molar-refractivity contribution is -0.117. The van der Waals surface area contributed by atoms with Crippen molar-refractivity contribution in [2.75, 3.05) is 9.80 Å². The number of amides is 2. The van der Waals surface area contributed by atoms with Gasteiger partial charge in [0.1, 0.15) is 0 Å². The number of thiophene rings is 1. The Bertz CT molecular complexity index is 985. The quantitative estimate of drug-likeness (QED) is 0.610. The second-order valence-electron chi connectivity index (χ2n) is 7.04. The van der Waals surface area contributed by atoms with Gasteiger partial charge in [0.25, 0.3) is 5.91 Å². The third kappa shape index (κ3) is 3.22. The van der Waals surface area contributed by atoms with E-state index >= 15 is 0 Å². The fourth-order valence-corrected chi connectivity index (χ4v) is 4.71. The van der Waals surface area contributed by atoms with Crippen molar-refractivity contribution in [3.63, 3.8) is 0 Å². The van der Waals surface area contributed by atoms with Crippen molar-refractivity contribution in [1.29, 1.82) is 0 Å². The van der Waals surface area contributed by atoms with E-state index in [0.717, 1.165) is 16.9 Å². The zero-order valence-corrected chi connectivity index (χ0v) is 16.7. The molecule has 0 aliphatic carbocycles. The van der Waals surface area contributed by atoms with Crippen molar-refractivity contribution < 1.29 is 9.59 Å². The molecule has 2 aromatic carbocycles. The molecule has 28 heavy (non-hydrogen) atoms. The van der Waals surface area contributed by atoms with Gasteiger partial charge in [0, 0.05) is 24.3 Å². The van der Waals surface area contributed by atoms with E-state index in [-0.39, 0.29) is 23.9 Å². The van der Waals surface area contributed by atoms with Crippen LogP contribution in [0.1, 0.15) is 41.5 Å². The van der Waals surface area contributed by atoms with Gasteiger partial charge in [-0.1, -0.05) is 42.5 Å². The molecule has 0 N–H and O–H groups in total. The second-order valence-corrected chi connectivity index (χ2v) is 7.98. The van der Waals surface area contributed by atoms with Crippen molar-refractivity contribution in [3.05, 3.63) is 82.6 Å². The number of rotatable bonds is 3. The molecule has 0 saturated heterocycles. The van der Waals surface area contributed by atoms with Gasteiger partial charge in [-0.3, -0.25) is 9.59 Å². The number of para-hydroxylation sites is 2. The van der Waals surface area contributed by atoms with Crippen molar-refractivity contribution in [2.45, 2.75) is 32.4 Å². The molecule has 1 aliphatic heterocycles. The third-order valence-corrected chi connectivity index (χ3v) is 6.05. The molecule has 1 aromatic heterocycles. The van der Waals surface area contributed by atoms with Gasteiger partial charge in [-0.15, -0.1) is 11.3 Å². The van der Waals surface area contributed by atoms with E-state index in [2.05, 4.69) is 0 Å². The average molecular weight is 391 g/mol. The number of fused-ring (bicyclic) bond motifs is 1. The first-order valence-electron chi connectivity index (χ1n) is 9.38. The third-order valence-electron chi connectivity index (χ3n) is 5.20. The first kappa shape index (κ1) is 18.4. The SMILES string of the molecule is CC(=O)N1c2ccccc2[C@@H](N(C(=O)c2cccs2)c2ccccc2)C[C@@H]1C. The number of benzene rings is 2. The summed E-state index contributed by atoms with van der Waals surface area (Å²) in [5.74, 6) is 0.0127. The van der Waals surface area contributed by atoms with E-state index in [1.807, 2.05) is 88.8 Å². The molecule has 3 aromatic rings. The van der Waals surface area contributed by atoms with Crippen LogP contribution < -0.4 is 9.80 Å². The molecule has 5 heteroatoms. The molecule has 2 atom stereocenters. The second kappa shape index (κ2) is 7.60. The minimum atomic E-state index is -0.140. The van der Waals surface area contributed by atoms with Gasteiger partial charge in [-0.05, 0) is 48.6 Å². The molecule has 0 spiro atoms. The topological polar surface area (TPSA) is 40.6 Å². The fraction of sp³-hybridized carbons (Fsp3) is 0.217. The van der Waals surface area contributed by atoms with Gasteiger partial charge in [0.2, 0.25) is 5.91 Å². The molecular weight excluding hydrogens is 368 g/mol. The van der Waals surface area contributed by atoms with Crippen molar-refractivity contribution in [1.82, 2.24) is 0 Å². The molecule has 0 unspecified atom stereocenters. The van der Waals surface area contributed by atoms with E-state index in [1.54, 1.807) is 6.92 Å². The van der Waals surface area contributed by atoms with Crippen molar-refractivity contribution >= 4 is 34.5 Å². The van der Waals surface area contributed by atoms with Crippen LogP contribution in [0.2, 0.25) is 0 Å². The van der Waals surface area contributed by atoms with Crippen LogP contribution in [0.4, 0.5) is 11.4 Å². The lowest BCUT2D eigenvalue weighted by atomic mass is 9.90. The predicted molar refractivity (Wildman–Crippen MR) is 114 cm³/mol. The molecule has 142 valence electrons. The molecule has 1 aliphatic rings.